The molecule has 1 unspecified atom stereocenters. The maximum Gasteiger partial charge on any atom is 0.329 e. The summed E-state index contributed by atoms with van der Waals surface area (Å²) in [4.78, 5) is 35.8. The molecule has 1 N–H and O–H groups in total. The number of amides is 2. The molecule has 0 saturated carbocycles. The molecule has 2 heterocycles. The first-order valence-corrected chi connectivity index (χ1v) is 6.81. The zero-order valence-electron chi connectivity index (χ0n) is 12.5. The smallest absolute Gasteiger partial charge is 0.295 e. The van der Waals surface area contributed by atoms with Gasteiger partial charge in [-0.05, 0) is 26.3 Å². The summed E-state index contributed by atoms with van der Waals surface area (Å²) < 4.78 is 2.95. The van der Waals surface area contributed by atoms with E-state index in [-0.39, 0.29) is 18.0 Å². The predicted octanol–water partition coefficient (Wildman–Crippen LogP) is -0.678. The Balaban J connectivity index is 2.72. The summed E-state index contributed by atoms with van der Waals surface area (Å²) in [6.07, 6.45) is 4.17. The number of hydrogen-bond acceptors (Lipinski definition) is 3. The molecule has 1 aliphatic rings. The van der Waals surface area contributed by atoms with Gasteiger partial charge in [-0.3, -0.25) is 24.0 Å². The van der Waals surface area contributed by atoms with E-state index >= 15 is 0 Å². The van der Waals surface area contributed by atoms with Crippen molar-refractivity contribution < 1.29 is 9.59 Å². The molecule has 0 radical (unpaired) electrons. The maximum absolute atomic E-state index is 12.5. The molecule has 0 aliphatic carbocycles. The highest BCUT2D eigenvalue weighted by atomic mass is 16.2. The van der Waals surface area contributed by atoms with E-state index in [9.17, 15) is 14.4 Å². The fraction of sp³-hybridized carbons (Fsp3) is 0.400. The molecule has 6 nitrogen and oxygen atoms in total. The molecule has 0 aromatic carbocycles. The van der Waals surface area contributed by atoms with Crippen molar-refractivity contribution in [1.82, 2.24) is 14.5 Å². The van der Waals surface area contributed by atoms with Crippen molar-refractivity contribution in [3.63, 3.8) is 0 Å². The molecule has 1 fully saturated rings. The molecule has 21 heavy (non-hydrogen) atoms. The first kappa shape index (κ1) is 15.0. The van der Waals surface area contributed by atoms with Gasteiger partial charge in [0.05, 0.1) is 10.7 Å². The summed E-state index contributed by atoms with van der Waals surface area (Å²) in [5.74, 6) is -0.722. The molecule has 0 spiro atoms. The van der Waals surface area contributed by atoms with Crippen LogP contribution >= 0.6 is 0 Å². The van der Waals surface area contributed by atoms with E-state index < -0.39 is 11.9 Å². The molecular weight excluding hydrogens is 270 g/mol. The lowest BCUT2D eigenvalue weighted by Crippen LogP contribution is -2.47. The lowest BCUT2D eigenvalue weighted by molar-refractivity contribution is -0.135. The Hall–Kier alpha value is -2.37. The molecule has 112 valence electrons. The van der Waals surface area contributed by atoms with Crippen molar-refractivity contribution in [2.24, 2.45) is 7.05 Å². The Kier molecular flexibility index (Phi) is 3.97. The van der Waals surface area contributed by atoms with Gasteiger partial charge in [-0.2, -0.15) is 0 Å². The summed E-state index contributed by atoms with van der Waals surface area (Å²) in [7, 11) is 1.66. The van der Waals surface area contributed by atoms with Gasteiger partial charge in [-0.15, -0.1) is 0 Å². The first-order chi connectivity index (χ1) is 9.86. The predicted molar refractivity (Wildman–Crippen MR) is 79.8 cm³/mol. The summed E-state index contributed by atoms with van der Waals surface area (Å²) in [5, 5.41) is 3.66. The van der Waals surface area contributed by atoms with Gasteiger partial charge in [0, 0.05) is 13.5 Å². The topological polar surface area (TPSA) is 73.1 Å². The minimum atomic E-state index is -0.653. The van der Waals surface area contributed by atoms with Gasteiger partial charge in [0.15, 0.2) is 0 Å². The summed E-state index contributed by atoms with van der Waals surface area (Å²) >= 11 is 0. The average molecular weight is 289 g/mol. The molecule has 1 aromatic heterocycles. The van der Waals surface area contributed by atoms with Crippen molar-refractivity contribution in [2.45, 2.75) is 32.7 Å². The van der Waals surface area contributed by atoms with E-state index in [0.29, 0.717) is 17.1 Å². The number of rotatable bonds is 2. The molecule has 2 amide bonds. The van der Waals surface area contributed by atoms with Gasteiger partial charge >= 0.3 is 5.69 Å². The highest BCUT2D eigenvalue weighted by Gasteiger charge is 2.30. The third-order valence-corrected chi connectivity index (χ3v) is 3.55. The molecule has 6 heteroatoms. The van der Waals surface area contributed by atoms with E-state index in [0.717, 1.165) is 5.57 Å². The Labute approximate surface area is 122 Å². The normalized spacial score (nSPS) is 20.8. The van der Waals surface area contributed by atoms with Crippen molar-refractivity contribution in [3.8, 4) is 0 Å². The third-order valence-electron chi connectivity index (χ3n) is 3.55. The van der Waals surface area contributed by atoms with Crippen molar-refractivity contribution in [2.75, 3.05) is 0 Å². The fourth-order valence-electron chi connectivity index (χ4n) is 2.58. The van der Waals surface area contributed by atoms with Crippen molar-refractivity contribution >= 4 is 24.0 Å². The van der Waals surface area contributed by atoms with Crippen LogP contribution in [0.3, 0.4) is 0 Å². The van der Waals surface area contributed by atoms with Gasteiger partial charge in [0.2, 0.25) is 11.8 Å². The zero-order chi connectivity index (χ0) is 15.7. The van der Waals surface area contributed by atoms with E-state index in [4.69, 9.17) is 0 Å². The quantitative estimate of drug-likeness (QED) is 0.733. The van der Waals surface area contributed by atoms with Gasteiger partial charge in [-0.25, -0.2) is 4.79 Å². The lowest BCUT2D eigenvalue weighted by atomic mass is 10.1. The monoisotopic (exact) mass is 289 g/mol. The van der Waals surface area contributed by atoms with Gasteiger partial charge < -0.3 is 0 Å². The largest absolute Gasteiger partial charge is 0.329 e. The van der Waals surface area contributed by atoms with Crippen LogP contribution in [0.4, 0.5) is 0 Å². The lowest BCUT2D eigenvalue weighted by Gasteiger charge is -2.21. The maximum atomic E-state index is 12.5. The highest BCUT2D eigenvalue weighted by Crippen LogP contribution is 2.14. The van der Waals surface area contributed by atoms with Crippen LogP contribution in [0, 0.1) is 0 Å². The van der Waals surface area contributed by atoms with Crippen LogP contribution < -0.4 is 21.7 Å². The highest BCUT2D eigenvalue weighted by molar-refractivity contribution is 5.99. The SMILES string of the molecule is C=C(C)/C=c1\c(=C/C)n(C2CCC(=O)NC2=O)c(=O)n1C. The van der Waals surface area contributed by atoms with Crippen LogP contribution in [0.2, 0.25) is 0 Å². The number of imide groups is 1. The fourth-order valence-corrected chi connectivity index (χ4v) is 2.58. The molecule has 2 rings (SSSR count). The number of imidazole rings is 1. The minimum absolute atomic E-state index is 0.237. The Morgan fingerprint density at radius 3 is 2.52 bits per heavy atom. The number of nitrogens with one attached hydrogen (secondary N) is 1. The first-order valence-electron chi connectivity index (χ1n) is 6.81. The van der Waals surface area contributed by atoms with E-state index in [2.05, 4.69) is 11.9 Å². The second-order valence-electron chi connectivity index (χ2n) is 5.23. The van der Waals surface area contributed by atoms with Crippen LogP contribution in [0.15, 0.2) is 16.9 Å². The molecular formula is C15H19N3O3. The molecule has 1 atom stereocenters. The minimum Gasteiger partial charge on any atom is -0.295 e. The van der Waals surface area contributed by atoms with Gasteiger partial charge in [0.25, 0.3) is 0 Å². The van der Waals surface area contributed by atoms with E-state index in [1.807, 2.05) is 13.8 Å². The second kappa shape index (κ2) is 5.55. The van der Waals surface area contributed by atoms with Crippen LogP contribution in [0.5, 0.6) is 0 Å². The number of hydrogen-bond donors (Lipinski definition) is 1. The standard InChI is InChI=1S/C15H19N3O3/c1-5-10-12(8-9(2)3)17(4)15(21)18(10)11-6-7-13(19)16-14(11)20/h5,8,11H,2,6-7H2,1,3-4H3,(H,16,19,20)/b10-5+,12-8+. The summed E-state index contributed by atoms with van der Waals surface area (Å²) in [6, 6.07) is -0.653. The number of allylic oxidation sites excluding steroid dienone is 1. The van der Waals surface area contributed by atoms with Crippen LogP contribution in [-0.4, -0.2) is 20.9 Å². The molecule has 1 saturated heterocycles. The Morgan fingerprint density at radius 1 is 1.33 bits per heavy atom. The number of piperidine rings is 1. The molecule has 1 aromatic rings. The van der Waals surface area contributed by atoms with E-state index in [1.54, 1.807) is 19.2 Å². The second-order valence-corrected chi connectivity index (χ2v) is 5.23. The molecule has 1 aliphatic heterocycles. The van der Waals surface area contributed by atoms with E-state index in [1.165, 1.54) is 9.13 Å². The summed E-state index contributed by atoms with van der Waals surface area (Å²) in [5.41, 5.74) is 0.541. The average Bonchev–Trinajstić information content (AvgIpc) is 2.63. The summed E-state index contributed by atoms with van der Waals surface area (Å²) in [6.45, 7) is 7.48. The van der Waals surface area contributed by atoms with Crippen molar-refractivity contribution in [1.29, 1.82) is 0 Å². The zero-order valence-corrected chi connectivity index (χ0v) is 12.5. The van der Waals surface area contributed by atoms with Gasteiger partial charge in [0.1, 0.15) is 6.04 Å². The number of aromatic nitrogens is 2. The third kappa shape index (κ3) is 2.61. The number of nitrogens with zero attached hydrogens (tertiary/aromatic N) is 2. The van der Waals surface area contributed by atoms with Crippen LogP contribution in [-0.2, 0) is 16.6 Å². The number of carbonyl (C=O) groups excluding carboxylic acids is 2. The van der Waals surface area contributed by atoms with Crippen LogP contribution in [0.1, 0.15) is 32.7 Å². The Bertz CT molecular complexity index is 795. The van der Waals surface area contributed by atoms with Crippen molar-refractivity contribution in [3.05, 3.63) is 33.3 Å². The molecule has 0 bridgehead atoms. The van der Waals surface area contributed by atoms with Gasteiger partial charge in [-0.1, -0.05) is 18.2 Å². The Morgan fingerprint density at radius 2 is 2.00 bits per heavy atom. The number of carbonyl (C=O) groups is 2. The van der Waals surface area contributed by atoms with Crippen LogP contribution in [0.25, 0.3) is 12.2 Å².